The van der Waals surface area contributed by atoms with E-state index in [1.807, 2.05) is 30.5 Å². The molecule has 29 heavy (non-hydrogen) atoms. The number of para-hydroxylation sites is 1. The molecule has 1 amide bonds. The van der Waals surface area contributed by atoms with Gasteiger partial charge in [0.25, 0.3) is 5.91 Å². The van der Waals surface area contributed by atoms with E-state index >= 15 is 0 Å². The van der Waals surface area contributed by atoms with Gasteiger partial charge in [-0.3, -0.25) is 9.89 Å². The summed E-state index contributed by atoms with van der Waals surface area (Å²) in [7, 11) is 3.16. The van der Waals surface area contributed by atoms with Crippen molar-refractivity contribution in [2.24, 2.45) is 5.10 Å². The zero-order valence-electron chi connectivity index (χ0n) is 15.9. The normalized spacial score (nSPS) is 11.1. The predicted molar refractivity (Wildman–Crippen MR) is 110 cm³/mol. The maximum absolute atomic E-state index is 12.4. The van der Waals surface area contributed by atoms with Gasteiger partial charge in [-0.2, -0.15) is 10.2 Å². The van der Waals surface area contributed by atoms with Gasteiger partial charge in [-0.1, -0.05) is 18.2 Å². The van der Waals surface area contributed by atoms with E-state index in [0.29, 0.717) is 22.8 Å². The molecule has 8 heteroatoms. The number of ether oxygens (including phenoxy) is 2. The Balaban J connectivity index is 1.50. The second kappa shape index (κ2) is 7.89. The van der Waals surface area contributed by atoms with Crippen molar-refractivity contribution in [3.05, 3.63) is 66.0 Å². The van der Waals surface area contributed by atoms with Crippen LogP contribution in [-0.4, -0.2) is 41.5 Å². The smallest absolute Gasteiger partial charge is 0.289 e. The first-order valence-electron chi connectivity index (χ1n) is 8.87. The molecule has 0 radical (unpaired) electrons. The summed E-state index contributed by atoms with van der Waals surface area (Å²) in [6.07, 6.45) is 3.43. The van der Waals surface area contributed by atoms with E-state index in [2.05, 4.69) is 25.7 Å². The molecule has 0 spiro atoms. The number of carbonyl (C=O) groups is 1. The maximum atomic E-state index is 12.4. The first-order valence-corrected chi connectivity index (χ1v) is 8.87. The van der Waals surface area contributed by atoms with E-state index in [1.165, 1.54) is 0 Å². The Hall–Kier alpha value is -4.07. The number of hydrogen-bond acceptors (Lipinski definition) is 5. The molecule has 2 aromatic heterocycles. The van der Waals surface area contributed by atoms with Gasteiger partial charge in [-0.05, 0) is 30.3 Å². The monoisotopic (exact) mass is 389 g/mol. The molecule has 0 aliphatic carbocycles. The lowest BCUT2D eigenvalue weighted by Crippen LogP contribution is -2.17. The molecule has 3 N–H and O–H groups in total. The molecule has 0 aliphatic rings. The van der Waals surface area contributed by atoms with Crippen molar-refractivity contribution in [3.8, 4) is 22.8 Å². The second-order valence-electron chi connectivity index (χ2n) is 6.22. The second-order valence-corrected chi connectivity index (χ2v) is 6.22. The van der Waals surface area contributed by atoms with Gasteiger partial charge in [-0.15, -0.1) is 0 Å². The van der Waals surface area contributed by atoms with Crippen LogP contribution in [0.2, 0.25) is 0 Å². The summed E-state index contributed by atoms with van der Waals surface area (Å²) in [6.45, 7) is 0. The van der Waals surface area contributed by atoms with Crippen LogP contribution in [0.4, 0.5) is 0 Å². The molecule has 0 aliphatic heterocycles. The Kier molecular flexibility index (Phi) is 4.98. The molecule has 0 bridgehead atoms. The van der Waals surface area contributed by atoms with Crippen molar-refractivity contribution < 1.29 is 14.3 Å². The van der Waals surface area contributed by atoms with Crippen molar-refractivity contribution in [3.63, 3.8) is 0 Å². The quantitative estimate of drug-likeness (QED) is 0.347. The van der Waals surface area contributed by atoms with Gasteiger partial charge in [0.2, 0.25) is 0 Å². The van der Waals surface area contributed by atoms with Crippen LogP contribution in [0, 0.1) is 0 Å². The standard InChI is InChI=1S/C21H19N5O3/c1-28-14-7-8-20(29-2)16(9-14)18-10-19(25-24-18)21(27)26-23-12-13-11-22-17-6-4-3-5-15(13)17/h3-12,22H,1-2H3,(H,24,25)(H,26,27)/b23-12+. The van der Waals surface area contributed by atoms with Gasteiger partial charge in [0.15, 0.2) is 0 Å². The Morgan fingerprint density at radius 2 is 2.00 bits per heavy atom. The lowest BCUT2D eigenvalue weighted by molar-refractivity contribution is 0.0950. The van der Waals surface area contributed by atoms with Gasteiger partial charge in [-0.25, -0.2) is 5.43 Å². The molecular formula is C21H19N5O3. The lowest BCUT2D eigenvalue weighted by Gasteiger charge is -2.08. The van der Waals surface area contributed by atoms with Crippen LogP contribution in [0.3, 0.4) is 0 Å². The summed E-state index contributed by atoms with van der Waals surface area (Å²) in [4.78, 5) is 15.6. The number of fused-ring (bicyclic) bond motifs is 1. The van der Waals surface area contributed by atoms with Crippen molar-refractivity contribution in [2.45, 2.75) is 0 Å². The van der Waals surface area contributed by atoms with Crippen LogP contribution in [-0.2, 0) is 0 Å². The number of hydrazone groups is 1. The summed E-state index contributed by atoms with van der Waals surface area (Å²) in [6, 6.07) is 14.9. The van der Waals surface area contributed by atoms with Crippen molar-refractivity contribution in [1.29, 1.82) is 0 Å². The van der Waals surface area contributed by atoms with Crippen LogP contribution in [0.15, 0.2) is 59.8 Å². The van der Waals surface area contributed by atoms with Crippen LogP contribution in [0.5, 0.6) is 11.5 Å². The highest BCUT2D eigenvalue weighted by Crippen LogP contribution is 2.32. The molecular weight excluding hydrogens is 370 g/mol. The van der Waals surface area contributed by atoms with Gasteiger partial charge in [0.1, 0.15) is 17.2 Å². The van der Waals surface area contributed by atoms with E-state index in [4.69, 9.17) is 9.47 Å². The third kappa shape index (κ3) is 3.68. The number of rotatable bonds is 6. The zero-order chi connectivity index (χ0) is 20.2. The lowest BCUT2D eigenvalue weighted by atomic mass is 10.1. The Bertz CT molecular complexity index is 1190. The van der Waals surface area contributed by atoms with E-state index in [1.54, 1.807) is 44.7 Å². The molecule has 146 valence electrons. The van der Waals surface area contributed by atoms with Gasteiger partial charge < -0.3 is 14.5 Å². The number of hydrogen-bond donors (Lipinski definition) is 3. The topological polar surface area (TPSA) is 104 Å². The highest BCUT2D eigenvalue weighted by atomic mass is 16.5. The number of amides is 1. The number of nitrogens with one attached hydrogen (secondary N) is 3. The SMILES string of the molecule is COc1ccc(OC)c(-c2cc(C(=O)N/N=C/c3c[nH]c4ccccc34)[nH]n2)c1. The summed E-state index contributed by atoms with van der Waals surface area (Å²) in [5, 5.41) is 12.0. The molecule has 0 saturated heterocycles. The molecule has 4 aromatic rings. The number of benzene rings is 2. The molecule has 2 heterocycles. The van der Waals surface area contributed by atoms with E-state index in [0.717, 1.165) is 16.5 Å². The predicted octanol–water partition coefficient (Wildman–Crippen LogP) is 3.34. The highest BCUT2D eigenvalue weighted by Gasteiger charge is 2.14. The fourth-order valence-electron chi connectivity index (χ4n) is 3.01. The molecule has 0 atom stereocenters. The van der Waals surface area contributed by atoms with Gasteiger partial charge >= 0.3 is 0 Å². The minimum atomic E-state index is -0.401. The zero-order valence-corrected chi connectivity index (χ0v) is 15.9. The Morgan fingerprint density at radius 3 is 2.83 bits per heavy atom. The van der Waals surface area contributed by atoms with Gasteiger partial charge in [0, 0.05) is 28.2 Å². The third-order valence-corrected chi connectivity index (χ3v) is 4.50. The number of aromatic amines is 2. The Labute approximate surface area is 166 Å². The van der Waals surface area contributed by atoms with Crippen molar-refractivity contribution in [1.82, 2.24) is 20.6 Å². The minimum absolute atomic E-state index is 0.279. The number of nitrogens with zero attached hydrogens (tertiary/aromatic N) is 2. The molecule has 2 aromatic carbocycles. The molecule has 4 rings (SSSR count). The minimum Gasteiger partial charge on any atom is -0.497 e. The summed E-state index contributed by atoms with van der Waals surface area (Å²) in [5.74, 6) is 0.890. The highest BCUT2D eigenvalue weighted by molar-refractivity contribution is 6.00. The summed E-state index contributed by atoms with van der Waals surface area (Å²) >= 11 is 0. The average molecular weight is 389 g/mol. The van der Waals surface area contributed by atoms with E-state index < -0.39 is 5.91 Å². The van der Waals surface area contributed by atoms with Crippen molar-refractivity contribution in [2.75, 3.05) is 14.2 Å². The summed E-state index contributed by atoms with van der Waals surface area (Å²) in [5.41, 5.74) is 5.95. The maximum Gasteiger partial charge on any atom is 0.289 e. The van der Waals surface area contributed by atoms with Crippen molar-refractivity contribution >= 4 is 23.0 Å². The fraction of sp³-hybridized carbons (Fsp3) is 0.0952. The Morgan fingerprint density at radius 1 is 1.14 bits per heavy atom. The number of aromatic nitrogens is 3. The number of methoxy groups -OCH3 is 2. The fourth-order valence-corrected chi connectivity index (χ4v) is 3.01. The van der Waals surface area contributed by atoms with E-state index in [-0.39, 0.29) is 5.69 Å². The van der Waals surface area contributed by atoms with Crippen LogP contribution < -0.4 is 14.9 Å². The molecule has 0 unspecified atom stereocenters. The van der Waals surface area contributed by atoms with Gasteiger partial charge in [0.05, 0.1) is 26.1 Å². The number of H-pyrrole nitrogens is 2. The third-order valence-electron chi connectivity index (χ3n) is 4.50. The van der Waals surface area contributed by atoms with Crippen LogP contribution >= 0.6 is 0 Å². The largest absolute Gasteiger partial charge is 0.497 e. The molecule has 0 fully saturated rings. The number of carbonyl (C=O) groups excluding carboxylic acids is 1. The van der Waals surface area contributed by atoms with Crippen LogP contribution in [0.25, 0.3) is 22.2 Å². The average Bonchev–Trinajstić information content (AvgIpc) is 3.41. The molecule has 0 saturated carbocycles. The van der Waals surface area contributed by atoms with Crippen LogP contribution in [0.1, 0.15) is 16.1 Å². The summed E-state index contributed by atoms with van der Waals surface area (Å²) < 4.78 is 10.6. The first-order chi connectivity index (χ1) is 14.2. The molecule has 8 nitrogen and oxygen atoms in total. The first kappa shape index (κ1) is 18.3. The van der Waals surface area contributed by atoms with E-state index in [9.17, 15) is 4.79 Å².